The molecule has 0 bridgehead atoms. The number of aromatic amines is 1. The summed E-state index contributed by atoms with van der Waals surface area (Å²) in [7, 11) is 0. The summed E-state index contributed by atoms with van der Waals surface area (Å²) in [5.74, 6) is -2.15. The molecule has 1 aromatic heterocycles. The van der Waals surface area contributed by atoms with Crippen LogP contribution in [0.15, 0.2) is 39.0 Å². The van der Waals surface area contributed by atoms with Gasteiger partial charge in [-0.2, -0.15) is 4.98 Å². The predicted octanol–water partition coefficient (Wildman–Crippen LogP) is 0.757. The molecule has 1 aromatic carbocycles. The molecule has 0 aliphatic rings. The third kappa shape index (κ3) is 15.9. The fourth-order valence-electron chi connectivity index (χ4n) is 3.87. The fraction of sp³-hybridized carbons (Fsp3) is 0.500. The first kappa shape index (κ1) is 38.5. The standard InChI is InChI=1S/C30H45N9O8/c1-33-25-26(38-30(32)39-28(25)42)36-13-3-12-34-22-7-5-21(6-8-22)27(41)37-23(29(43)44)9-10-24(40)35-14-4-16-46-18-20-47-19-17-45-15-2-11-31/h5-8,13,23,34H,1-4,9-12,14-20,31H2,(H,35,40)(H,37,41)(H,43,44)(H3,32,38,39,42)/b36-13-. The molecule has 1 heterocycles. The van der Waals surface area contributed by atoms with Gasteiger partial charge in [0, 0.05) is 56.6 Å². The lowest BCUT2D eigenvalue weighted by molar-refractivity contribution is -0.139. The monoisotopic (exact) mass is 659 g/mol. The van der Waals surface area contributed by atoms with E-state index in [4.69, 9.17) is 25.7 Å². The van der Waals surface area contributed by atoms with E-state index in [2.05, 4.69) is 42.6 Å². The third-order valence-electron chi connectivity index (χ3n) is 6.30. The number of anilines is 2. The Kier molecular flexibility index (Phi) is 18.6. The van der Waals surface area contributed by atoms with Crippen molar-refractivity contribution in [3.05, 3.63) is 40.2 Å². The van der Waals surface area contributed by atoms with Gasteiger partial charge in [-0.1, -0.05) is 0 Å². The van der Waals surface area contributed by atoms with Gasteiger partial charge in [0.2, 0.25) is 11.9 Å². The van der Waals surface area contributed by atoms with Gasteiger partial charge in [-0.15, -0.1) is 0 Å². The lowest BCUT2D eigenvalue weighted by Gasteiger charge is -2.15. The number of benzene rings is 1. The number of carbonyl (C=O) groups is 3. The maximum Gasteiger partial charge on any atom is 0.326 e. The number of aromatic nitrogens is 2. The number of ether oxygens (including phenoxy) is 3. The molecule has 17 nitrogen and oxygen atoms in total. The number of nitrogens with one attached hydrogen (secondary N) is 4. The Balaban J connectivity index is 1.63. The molecule has 2 aromatic rings. The smallest absolute Gasteiger partial charge is 0.326 e. The molecule has 2 rings (SSSR count). The second-order valence-electron chi connectivity index (χ2n) is 9.97. The van der Waals surface area contributed by atoms with Crippen LogP contribution in [0.5, 0.6) is 0 Å². The van der Waals surface area contributed by atoms with Crippen molar-refractivity contribution in [1.82, 2.24) is 20.6 Å². The first-order valence-electron chi connectivity index (χ1n) is 15.2. The Bertz CT molecular complexity index is 1350. The molecule has 0 aliphatic heterocycles. The third-order valence-corrected chi connectivity index (χ3v) is 6.30. The van der Waals surface area contributed by atoms with Crippen LogP contribution in [-0.4, -0.2) is 111 Å². The minimum absolute atomic E-state index is 0.0297. The molecular weight excluding hydrogens is 614 g/mol. The Labute approximate surface area is 272 Å². The minimum atomic E-state index is -1.24. The van der Waals surface area contributed by atoms with Crippen LogP contribution in [0.1, 0.15) is 42.5 Å². The predicted molar refractivity (Wildman–Crippen MR) is 178 cm³/mol. The Morgan fingerprint density at radius 3 is 2.32 bits per heavy atom. The normalized spacial score (nSPS) is 11.7. The highest BCUT2D eigenvalue weighted by Gasteiger charge is 2.21. The summed E-state index contributed by atoms with van der Waals surface area (Å²) in [5, 5.41) is 17.9. The number of aliphatic carboxylic acids is 1. The quantitative estimate of drug-likeness (QED) is 0.0576. The molecule has 9 N–H and O–H groups in total. The van der Waals surface area contributed by atoms with Crippen LogP contribution in [0.25, 0.3) is 0 Å². The van der Waals surface area contributed by atoms with Gasteiger partial charge in [0.15, 0.2) is 11.5 Å². The molecule has 0 saturated heterocycles. The van der Waals surface area contributed by atoms with E-state index in [-0.39, 0.29) is 41.8 Å². The van der Waals surface area contributed by atoms with Gasteiger partial charge in [-0.25, -0.2) is 9.79 Å². The largest absolute Gasteiger partial charge is 0.480 e. The van der Waals surface area contributed by atoms with Crippen LogP contribution >= 0.6 is 0 Å². The number of nitrogens with zero attached hydrogens (tertiary/aromatic N) is 3. The van der Waals surface area contributed by atoms with Crippen LogP contribution in [0.4, 0.5) is 23.1 Å². The average Bonchev–Trinajstić information content (AvgIpc) is 3.04. The van der Waals surface area contributed by atoms with Crippen molar-refractivity contribution in [3.63, 3.8) is 0 Å². The van der Waals surface area contributed by atoms with E-state index in [1.165, 1.54) is 0 Å². The van der Waals surface area contributed by atoms with Crippen molar-refractivity contribution in [2.45, 2.75) is 38.1 Å². The van der Waals surface area contributed by atoms with Crippen LogP contribution in [0.2, 0.25) is 0 Å². The lowest BCUT2D eigenvalue weighted by Crippen LogP contribution is -2.41. The first-order chi connectivity index (χ1) is 22.7. The number of hydrogen-bond acceptors (Lipinski definition) is 13. The lowest BCUT2D eigenvalue weighted by atomic mass is 10.1. The highest BCUT2D eigenvalue weighted by molar-refractivity contribution is 5.97. The highest BCUT2D eigenvalue weighted by Crippen LogP contribution is 2.20. The molecular formula is C30H45N9O8. The number of carbonyl (C=O) groups excluding carboxylic acids is 2. The molecule has 0 aliphatic carbocycles. The molecule has 47 heavy (non-hydrogen) atoms. The Morgan fingerprint density at radius 1 is 1.02 bits per heavy atom. The first-order valence-corrected chi connectivity index (χ1v) is 15.2. The van der Waals surface area contributed by atoms with E-state index in [9.17, 15) is 24.3 Å². The summed E-state index contributed by atoms with van der Waals surface area (Å²) in [6.45, 7) is 7.71. The summed E-state index contributed by atoms with van der Waals surface area (Å²) in [4.78, 5) is 62.4. The SMILES string of the molecule is C=Nc1c(/N=C\CCNc2ccc(C(=O)NC(CCC(=O)NCCCOCCOCCOCCCN)C(=O)O)cc2)nc(N)[nH]c1=O. The van der Waals surface area contributed by atoms with Crippen molar-refractivity contribution >= 4 is 53.9 Å². The van der Waals surface area contributed by atoms with Crippen LogP contribution in [0, 0.1) is 0 Å². The minimum Gasteiger partial charge on any atom is -0.480 e. The molecule has 0 spiro atoms. The maximum atomic E-state index is 12.7. The number of nitrogen functional groups attached to an aromatic ring is 1. The zero-order valence-corrected chi connectivity index (χ0v) is 26.4. The maximum absolute atomic E-state index is 12.7. The number of rotatable bonds is 25. The van der Waals surface area contributed by atoms with Crippen molar-refractivity contribution < 1.29 is 33.7 Å². The number of carboxylic acids is 1. The van der Waals surface area contributed by atoms with Gasteiger partial charge in [-0.3, -0.25) is 24.4 Å². The molecule has 17 heteroatoms. The topological polar surface area (TPSA) is 258 Å². The second kappa shape index (κ2) is 22.7. The van der Waals surface area contributed by atoms with Crippen molar-refractivity contribution in [3.8, 4) is 0 Å². The van der Waals surface area contributed by atoms with Gasteiger partial charge in [-0.05, 0) is 56.8 Å². The average molecular weight is 660 g/mol. The number of H-pyrrole nitrogens is 1. The van der Waals surface area contributed by atoms with Gasteiger partial charge in [0.05, 0.1) is 26.4 Å². The Morgan fingerprint density at radius 2 is 1.68 bits per heavy atom. The fourth-order valence-corrected chi connectivity index (χ4v) is 3.87. The molecule has 0 fully saturated rings. The summed E-state index contributed by atoms with van der Waals surface area (Å²) in [5.41, 5.74) is 11.3. The van der Waals surface area contributed by atoms with E-state index >= 15 is 0 Å². The molecule has 0 radical (unpaired) electrons. The number of carboxylic acid groups (broad SMARTS) is 1. The summed E-state index contributed by atoms with van der Waals surface area (Å²) in [6.07, 6.45) is 3.29. The van der Waals surface area contributed by atoms with Gasteiger partial charge in [0.1, 0.15) is 6.04 Å². The van der Waals surface area contributed by atoms with Gasteiger partial charge < -0.3 is 46.7 Å². The summed E-state index contributed by atoms with van der Waals surface area (Å²) >= 11 is 0. The number of aliphatic imine (C=N–C) groups is 2. The van der Waals surface area contributed by atoms with Crippen molar-refractivity contribution in [1.29, 1.82) is 0 Å². The van der Waals surface area contributed by atoms with E-state index in [1.807, 2.05) is 0 Å². The number of nitrogens with two attached hydrogens (primary N) is 2. The Hall–Kier alpha value is -4.71. The van der Waals surface area contributed by atoms with Crippen LogP contribution < -0.4 is 33.0 Å². The highest BCUT2D eigenvalue weighted by atomic mass is 16.5. The van der Waals surface area contributed by atoms with Crippen molar-refractivity contribution in [2.24, 2.45) is 15.7 Å². The van der Waals surface area contributed by atoms with E-state index in [1.54, 1.807) is 30.5 Å². The van der Waals surface area contributed by atoms with Crippen molar-refractivity contribution in [2.75, 3.05) is 70.3 Å². The van der Waals surface area contributed by atoms with E-state index in [0.29, 0.717) is 77.8 Å². The molecule has 1 atom stereocenters. The molecule has 0 saturated carbocycles. The summed E-state index contributed by atoms with van der Waals surface area (Å²) in [6, 6.07) is 5.21. The van der Waals surface area contributed by atoms with E-state index < -0.39 is 23.5 Å². The summed E-state index contributed by atoms with van der Waals surface area (Å²) < 4.78 is 16.2. The number of amides is 2. The second-order valence-corrected chi connectivity index (χ2v) is 9.97. The van der Waals surface area contributed by atoms with Crippen LogP contribution in [0.3, 0.4) is 0 Å². The number of hydrogen-bond donors (Lipinski definition) is 7. The molecule has 1 unspecified atom stereocenters. The van der Waals surface area contributed by atoms with Gasteiger partial charge in [0.25, 0.3) is 11.5 Å². The van der Waals surface area contributed by atoms with Gasteiger partial charge >= 0.3 is 5.97 Å². The zero-order valence-electron chi connectivity index (χ0n) is 26.4. The van der Waals surface area contributed by atoms with E-state index in [0.717, 1.165) is 6.42 Å². The molecule has 2 amide bonds. The van der Waals surface area contributed by atoms with Crippen LogP contribution in [-0.2, 0) is 23.8 Å². The zero-order chi connectivity index (χ0) is 34.3. The molecule has 258 valence electrons.